The molecule has 0 fully saturated rings. The molecule has 0 atom stereocenters. The van der Waals surface area contributed by atoms with Crippen LogP contribution in [0.5, 0.6) is 0 Å². The standard InChI is InChI=1S/C14H13BrN4/c1-8-3-2-4-11(14(8)15)18-13-6-12-9(5-10(13)16)7-17-19-12/h2-7,18H,16H2,1H3,(H,17,19). The normalized spacial score (nSPS) is 10.8. The highest BCUT2D eigenvalue weighted by molar-refractivity contribution is 9.10. The van der Waals surface area contributed by atoms with Gasteiger partial charge in [-0.1, -0.05) is 12.1 Å². The third-order valence-electron chi connectivity index (χ3n) is 3.07. The molecule has 0 saturated heterocycles. The third kappa shape index (κ3) is 2.17. The van der Waals surface area contributed by atoms with Crippen LogP contribution in [0, 0.1) is 6.92 Å². The van der Waals surface area contributed by atoms with Crippen molar-refractivity contribution in [3.63, 3.8) is 0 Å². The Kier molecular flexibility index (Phi) is 2.91. The number of nitrogens with zero attached hydrogens (tertiary/aromatic N) is 1. The van der Waals surface area contributed by atoms with Crippen LogP contribution in [0.4, 0.5) is 17.1 Å². The van der Waals surface area contributed by atoms with E-state index >= 15 is 0 Å². The van der Waals surface area contributed by atoms with Gasteiger partial charge in [-0.25, -0.2) is 0 Å². The maximum absolute atomic E-state index is 6.06. The fourth-order valence-electron chi connectivity index (χ4n) is 2.01. The highest BCUT2D eigenvalue weighted by atomic mass is 79.9. The molecule has 4 N–H and O–H groups in total. The smallest absolute Gasteiger partial charge is 0.0672 e. The molecule has 19 heavy (non-hydrogen) atoms. The minimum atomic E-state index is 0.697. The lowest BCUT2D eigenvalue weighted by atomic mass is 10.2. The molecule has 96 valence electrons. The van der Waals surface area contributed by atoms with Crippen molar-refractivity contribution in [2.24, 2.45) is 0 Å². The highest BCUT2D eigenvalue weighted by Crippen LogP contribution is 2.32. The third-order valence-corrected chi connectivity index (χ3v) is 4.12. The number of nitrogen functional groups attached to an aromatic ring is 1. The van der Waals surface area contributed by atoms with Gasteiger partial charge in [-0.05, 0) is 46.6 Å². The molecule has 1 aromatic heterocycles. The van der Waals surface area contributed by atoms with Crippen molar-refractivity contribution in [3.8, 4) is 0 Å². The van der Waals surface area contributed by atoms with E-state index in [1.54, 1.807) is 6.20 Å². The maximum atomic E-state index is 6.06. The van der Waals surface area contributed by atoms with Gasteiger partial charge >= 0.3 is 0 Å². The lowest BCUT2D eigenvalue weighted by molar-refractivity contribution is 1.12. The van der Waals surface area contributed by atoms with Gasteiger partial charge in [-0.3, -0.25) is 5.10 Å². The molecule has 2 aromatic carbocycles. The van der Waals surface area contributed by atoms with Gasteiger partial charge < -0.3 is 11.1 Å². The minimum absolute atomic E-state index is 0.697. The molecule has 0 radical (unpaired) electrons. The zero-order valence-electron chi connectivity index (χ0n) is 10.4. The number of aromatic amines is 1. The molecular weight excluding hydrogens is 304 g/mol. The molecule has 0 unspecified atom stereocenters. The van der Waals surface area contributed by atoms with E-state index in [-0.39, 0.29) is 0 Å². The largest absolute Gasteiger partial charge is 0.397 e. The number of halogens is 1. The number of nitrogens with two attached hydrogens (primary N) is 1. The van der Waals surface area contributed by atoms with Gasteiger partial charge in [0.15, 0.2) is 0 Å². The molecule has 0 amide bonds. The number of aryl methyl sites for hydroxylation is 1. The molecule has 0 saturated carbocycles. The number of H-pyrrole nitrogens is 1. The first-order chi connectivity index (χ1) is 9.15. The number of aromatic nitrogens is 2. The second kappa shape index (κ2) is 4.59. The van der Waals surface area contributed by atoms with E-state index in [4.69, 9.17) is 5.73 Å². The van der Waals surface area contributed by atoms with E-state index in [1.165, 1.54) is 5.56 Å². The van der Waals surface area contributed by atoms with Gasteiger partial charge in [-0.15, -0.1) is 0 Å². The van der Waals surface area contributed by atoms with Crippen LogP contribution in [0.15, 0.2) is 41.0 Å². The Hall–Kier alpha value is -2.01. The van der Waals surface area contributed by atoms with Gasteiger partial charge in [0.2, 0.25) is 0 Å². The first-order valence-corrected chi connectivity index (χ1v) is 6.69. The first kappa shape index (κ1) is 12.0. The Morgan fingerprint density at radius 3 is 2.95 bits per heavy atom. The Bertz CT molecular complexity index is 748. The summed E-state index contributed by atoms with van der Waals surface area (Å²) < 4.78 is 1.04. The van der Waals surface area contributed by atoms with Crippen molar-refractivity contribution < 1.29 is 0 Å². The topological polar surface area (TPSA) is 66.7 Å². The molecule has 3 aromatic rings. The van der Waals surface area contributed by atoms with Crippen LogP contribution in [-0.2, 0) is 0 Å². The number of anilines is 3. The average molecular weight is 317 g/mol. The van der Waals surface area contributed by atoms with Crippen molar-refractivity contribution in [1.29, 1.82) is 0 Å². The molecule has 0 bridgehead atoms. The lowest BCUT2D eigenvalue weighted by Gasteiger charge is -2.12. The Labute approximate surface area is 119 Å². The molecule has 5 heteroatoms. The van der Waals surface area contributed by atoms with Crippen LogP contribution in [0.25, 0.3) is 10.9 Å². The van der Waals surface area contributed by atoms with E-state index in [2.05, 4.69) is 44.4 Å². The number of nitrogens with one attached hydrogen (secondary N) is 2. The van der Waals surface area contributed by atoms with E-state index in [0.717, 1.165) is 26.8 Å². The molecule has 0 aliphatic heterocycles. The quantitative estimate of drug-likeness (QED) is 0.627. The summed E-state index contributed by atoms with van der Waals surface area (Å²) in [4.78, 5) is 0. The van der Waals surface area contributed by atoms with Gasteiger partial charge in [0, 0.05) is 9.86 Å². The second-order valence-electron chi connectivity index (χ2n) is 4.46. The van der Waals surface area contributed by atoms with Gasteiger partial charge in [0.25, 0.3) is 0 Å². The monoisotopic (exact) mass is 316 g/mol. The van der Waals surface area contributed by atoms with Crippen LogP contribution in [-0.4, -0.2) is 10.2 Å². The van der Waals surface area contributed by atoms with Gasteiger partial charge in [0.1, 0.15) is 0 Å². The van der Waals surface area contributed by atoms with Crippen LogP contribution < -0.4 is 11.1 Å². The fraction of sp³-hybridized carbons (Fsp3) is 0.0714. The minimum Gasteiger partial charge on any atom is -0.397 e. The van der Waals surface area contributed by atoms with Crippen LogP contribution >= 0.6 is 15.9 Å². The summed E-state index contributed by atoms with van der Waals surface area (Å²) in [5.74, 6) is 0. The maximum Gasteiger partial charge on any atom is 0.0672 e. The summed E-state index contributed by atoms with van der Waals surface area (Å²) in [5.41, 5.74) is 10.7. The summed E-state index contributed by atoms with van der Waals surface area (Å²) in [6.07, 6.45) is 1.76. The number of hydrogen-bond acceptors (Lipinski definition) is 3. The molecule has 0 aliphatic rings. The van der Waals surface area contributed by atoms with Crippen molar-refractivity contribution in [3.05, 3.63) is 46.6 Å². The number of fused-ring (bicyclic) bond motifs is 1. The summed E-state index contributed by atoms with van der Waals surface area (Å²) in [6.45, 7) is 2.05. The van der Waals surface area contributed by atoms with E-state index in [1.807, 2.05) is 24.3 Å². The summed E-state index contributed by atoms with van der Waals surface area (Å²) in [5, 5.41) is 11.3. The fourth-order valence-corrected chi connectivity index (χ4v) is 2.37. The Balaban J connectivity index is 2.05. The number of rotatable bonds is 2. The van der Waals surface area contributed by atoms with Crippen molar-refractivity contribution in [2.45, 2.75) is 6.92 Å². The van der Waals surface area contributed by atoms with Gasteiger partial charge in [0.05, 0.1) is 28.8 Å². The number of hydrogen-bond donors (Lipinski definition) is 3. The second-order valence-corrected chi connectivity index (χ2v) is 5.25. The highest BCUT2D eigenvalue weighted by Gasteiger charge is 2.07. The van der Waals surface area contributed by atoms with E-state index in [9.17, 15) is 0 Å². The average Bonchev–Trinajstić information content (AvgIpc) is 2.82. The van der Waals surface area contributed by atoms with Crippen LogP contribution in [0.1, 0.15) is 5.56 Å². The Morgan fingerprint density at radius 2 is 2.11 bits per heavy atom. The van der Waals surface area contributed by atoms with Crippen molar-refractivity contribution >= 4 is 43.9 Å². The first-order valence-electron chi connectivity index (χ1n) is 5.90. The van der Waals surface area contributed by atoms with Gasteiger partial charge in [-0.2, -0.15) is 5.10 Å². The zero-order chi connectivity index (χ0) is 13.4. The molecule has 4 nitrogen and oxygen atoms in total. The van der Waals surface area contributed by atoms with Crippen molar-refractivity contribution in [2.75, 3.05) is 11.1 Å². The molecule has 3 rings (SSSR count). The van der Waals surface area contributed by atoms with E-state index in [0.29, 0.717) is 5.69 Å². The summed E-state index contributed by atoms with van der Waals surface area (Å²) in [6, 6.07) is 9.94. The Morgan fingerprint density at radius 1 is 1.26 bits per heavy atom. The zero-order valence-corrected chi connectivity index (χ0v) is 12.0. The predicted octanol–water partition coefficient (Wildman–Crippen LogP) is 3.96. The molecule has 1 heterocycles. The summed E-state index contributed by atoms with van der Waals surface area (Å²) >= 11 is 3.58. The van der Waals surface area contributed by atoms with Crippen LogP contribution in [0.2, 0.25) is 0 Å². The molecular formula is C14H13BrN4. The molecule has 0 spiro atoms. The molecule has 0 aliphatic carbocycles. The number of benzene rings is 2. The summed E-state index contributed by atoms with van der Waals surface area (Å²) in [7, 11) is 0. The van der Waals surface area contributed by atoms with Crippen molar-refractivity contribution in [1.82, 2.24) is 10.2 Å². The SMILES string of the molecule is Cc1cccc(Nc2cc3[nH]ncc3cc2N)c1Br. The lowest BCUT2D eigenvalue weighted by Crippen LogP contribution is -1.97. The predicted molar refractivity (Wildman–Crippen MR) is 82.7 cm³/mol. The van der Waals surface area contributed by atoms with E-state index < -0.39 is 0 Å². The van der Waals surface area contributed by atoms with Crippen LogP contribution in [0.3, 0.4) is 0 Å².